The maximum absolute atomic E-state index is 12.4. The van der Waals surface area contributed by atoms with Gasteiger partial charge in [0.05, 0.1) is 12.3 Å². The molecule has 1 rings (SSSR count). The molecule has 0 spiro atoms. The Hall–Kier alpha value is -2.87. The first-order valence-corrected chi connectivity index (χ1v) is 13.2. The zero-order chi connectivity index (χ0) is 28.9. The van der Waals surface area contributed by atoms with Gasteiger partial charge in [-0.05, 0) is 64.8 Å². The van der Waals surface area contributed by atoms with Gasteiger partial charge in [0.2, 0.25) is 0 Å². The number of allylic oxidation sites excluding steroid dienone is 8. The molecule has 0 aromatic carbocycles. The van der Waals surface area contributed by atoms with Crippen molar-refractivity contribution in [2.45, 2.75) is 79.9 Å². The fourth-order valence-electron chi connectivity index (χ4n) is 2.81. The molecule has 0 bridgehead atoms. The Labute approximate surface area is 231 Å². The van der Waals surface area contributed by atoms with Crippen molar-refractivity contribution in [2.24, 2.45) is 4.99 Å². The van der Waals surface area contributed by atoms with E-state index >= 15 is 0 Å². The summed E-state index contributed by atoms with van der Waals surface area (Å²) in [5.41, 5.74) is 0.219. The zero-order valence-corrected chi connectivity index (χ0v) is 25.3. The first kappa shape index (κ1) is 36.3. The van der Waals surface area contributed by atoms with Crippen molar-refractivity contribution in [1.29, 1.82) is 0 Å². The predicted octanol–water partition coefficient (Wildman–Crippen LogP) is 7.83. The Morgan fingerprint density at radius 3 is 2.32 bits per heavy atom. The first-order valence-electron chi connectivity index (χ1n) is 12.8. The molecule has 1 fully saturated rings. The van der Waals surface area contributed by atoms with Crippen LogP contribution in [0.2, 0.25) is 0 Å². The number of rotatable bonds is 9. The van der Waals surface area contributed by atoms with Gasteiger partial charge in [0.15, 0.2) is 0 Å². The molecular formula is C29H49N3O4S. The van der Waals surface area contributed by atoms with Gasteiger partial charge in [-0.15, -0.1) is 0 Å². The average molecular weight is 536 g/mol. The summed E-state index contributed by atoms with van der Waals surface area (Å²) in [5.74, 6) is 0.564. The molecule has 0 saturated carbocycles. The van der Waals surface area contributed by atoms with Crippen molar-refractivity contribution in [3.8, 4) is 0 Å². The largest absolute Gasteiger partial charge is 0.491 e. The molecular weight excluding hydrogens is 486 g/mol. The summed E-state index contributed by atoms with van der Waals surface area (Å²) in [6, 6.07) is 0.272. The lowest BCUT2D eigenvalue weighted by molar-refractivity contribution is 0.0160. The predicted molar refractivity (Wildman–Crippen MR) is 160 cm³/mol. The molecule has 1 aliphatic rings. The second-order valence-corrected chi connectivity index (χ2v) is 8.95. The molecule has 0 aliphatic carbocycles. The van der Waals surface area contributed by atoms with E-state index in [-0.39, 0.29) is 12.1 Å². The van der Waals surface area contributed by atoms with Crippen LogP contribution in [0, 0.1) is 0 Å². The van der Waals surface area contributed by atoms with Crippen molar-refractivity contribution in [2.75, 3.05) is 20.2 Å². The number of carbonyl (C=O) groups is 1. The van der Waals surface area contributed by atoms with Crippen LogP contribution < -0.4 is 0 Å². The van der Waals surface area contributed by atoms with Crippen LogP contribution >= 0.6 is 12.8 Å². The highest BCUT2D eigenvalue weighted by molar-refractivity contribution is 7.78. The number of hydrogen-bond donors (Lipinski definition) is 1. The van der Waals surface area contributed by atoms with Gasteiger partial charge >= 0.3 is 12.1 Å². The molecule has 0 radical (unpaired) electrons. The maximum atomic E-state index is 12.4. The Balaban J connectivity index is 0. The van der Waals surface area contributed by atoms with Gasteiger partial charge in [-0.2, -0.15) is 0 Å². The number of carbonyl (C=O) groups excluding carboxylic acids is 1. The van der Waals surface area contributed by atoms with E-state index in [1.54, 1.807) is 36.3 Å². The molecule has 1 amide bonds. The molecule has 1 unspecified atom stereocenters. The van der Waals surface area contributed by atoms with Crippen LogP contribution in [0.25, 0.3) is 0 Å². The van der Waals surface area contributed by atoms with Crippen LogP contribution in [-0.2, 0) is 14.2 Å². The van der Waals surface area contributed by atoms with E-state index in [9.17, 15) is 4.79 Å². The van der Waals surface area contributed by atoms with Gasteiger partial charge in [0.1, 0.15) is 18.0 Å². The molecule has 0 aromatic heterocycles. The summed E-state index contributed by atoms with van der Waals surface area (Å²) in [6.45, 7) is 23.9. The van der Waals surface area contributed by atoms with Gasteiger partial charge in [0.25, 0.3) is 0 Å². The quantitative estimate of drug-likeness (QED) is 0.107. The minimum absolute atomic E-state index is 0.0371. The van der Waals surface area contributed by atoms with Gasteiger partial charge in [-0.1, -0.05) is 71.9 Å². The highest BCUT2D eigenvalue weighted by Gasteiger charge is 2.32. The van der Waals surface area contributed by atoms with Crippen LogP contribution in [0.15, 0.2) is 78.4 Å². The number of aliphatic imine (C=N–C) groups is 1. The fourth-order valence-corrected chi connectivity index (χ4v) is 2.90. The minimum Gasteiger partial charge on any atom is -0.491 e. The van der Waals surface area contributed by atoms with Crippen molar-refractivity contribution in [3.05, 3.63) is 73.4 Å². The van der Waals surface area contributed by atoms with E-state index in [0.29, 0.717) is 24.9 Å². The molecule has 0 aromatic rings. The molecule has 37 heavy (non-hydrogen) atoms. The van der Waals surface area contributed by atoms with E-state index in [1.807, 2.05) is 73.6 Å². The normalized spacial score (nSPS) is 16.4. The lowest BCUT2D eigenvalue weighted by atomic mass is 10.2. The fraction of sp³-hybridized carbons (Fsp3) is 0.517. The topological polar surface area (TPSA) is 63.6 Å². The van der Waals surface area contributed by atoms with Crippen molar-refractivity contribution in [3.63, 3.8) is 0 Å². The Morgan fingerprint density at radius 2 is 1.78 bits per heavy atom. The number of hydrogen-bond acceptors (Lipinski definition) is 6. The Kier molecular flexibility index (Phi) is 20.8. The lowest BCUT2D eigenvalue weighted by Crippen LogP contribution is -2.41. The van der Waals surface area contributed by atoms with Crippen molar-refractivity contribution < 1.29 is 19.0 Å². The summed E-state index contributed by atoms with van der Waals surface area (Å²) >= 11 is 4.26. The number of amidine groups is 1. The number of likely N-dealkylation sites (tertiary alicyclic amines) is 1. The summed E-state index contributed by atoms with van der Waals surface area (Å²) in [4.78, 5) is 18.5. The van der Waals surface area contributed by atoms with Crippen LogP contribution in [0.4, 0.5) is 4.79 Å². The minimum atomic E-state index is -0.526. The van der Waals surface area contributed by atoms with Crippen molar-refractivity contribution in [1.82, 2.24) is 9.21 Å². The summed E-state index contributed by atoms with van der Waals surface area (Å²) in [5, 5.41) is 0. The molecule has 1 saturated heterocycles. The van der Waals surface area contributed by atoms with Crippen LogP contribution in [0.5, 0.6) is 0 Å². The van der Waals surface area contributed by atoms with E-state index in [2.05, 4.69) is 31.0 Å². The molecule has 7 nitrogen and oxygen atoms in total. The van der Waals surface area contributed by atoms with E-state index in [0.717, 1.165) is 18.5 Å². The second-order valence-electron chi connectivity index (χ2n) is 8.35. The number of amides is 1. The third-order valence-corrected chi connectivity index (χ3v) is 4.47. The van der Waals surface area contributed by atoms with Crippen LogP contribution in [0.1, 0.15) is 68.2 Å². The smallest absolute Gasteiger partial charge is 0.410 e. The highest BCUT2D eigenvalue weighted by Crippen LogP contribution is 2.21. The monoisotopic (exact) mass is 535 g/mol. The number of thiol groups is 1. The second kappa shape index (κ2) is 21.2. The van der Waals surface area contributed by atoms with E-state index in [4.69, 9.17) is 14.2 Å². The SMILES string of the molecule is C=C/C=C\C=C(/C)N=C(O/C=C/C=C(\C=C)OCC1CCCN1C(=O)OC(C)(C)C)N(C)S.CC.CC. The highest BCUT2D eigenvalue weighted by atomic mass is 32.1. The Bertz CT molecular complexity index is 821. The standard InChI is InChI=1S/C25H37N3O4S.2C2H6/c1-8-10-11-14-20(3)26-23(27(7)33)30-18-13-16-22(9-2)31-19-21-15-12-17-28(21)24(29)32-25(4,5)6;2*1-2/h8-11,13-14,16,18,21,33H,1-2,12,15,17,19H2,3-7H3;2*1-2H3/b11-10-,18-13+,20-14+,22-16+,26-23?;;. The molecule has 8 heteroatoms. The van der Waals surface area contributed by atoms with Gasteiger partial charge in [-0.3, -0.25) is 4.31 Å². The maximum Gasteiger partial charge on any atom is 0.410 e. The van der Waals surface area contributed by atoms with Crippen LogP contribution in [-0.4, -0.2) is 53.2 Å². The third-order valence-electron chi connectivity index (χ3n) is 4.29. The van der Waals surface area contributed by atoms with E-state index < -0.39 is 5.60 Å². The molecule has 1 atom stereocenters. The van der Waals surface area contributed by atoms with Crippen molar-refractivity contribution >= 4 is 24.9 Å². The Morgan fingerprint density at radius 1 is 1.14 bits per heavy atom. The zero-order valence-electron chi connectivity index (χ0n) is 24.4. The first-order chi connectivity index (χ1) is 17.6. The van der Waals surface area contributed by atoms with Crippen LogP contribution in [0.3, 0.4) is 0 Å². The summed E-state index contributed by atoms with van der Waals surface area (Å²) in [7, 11) is 1.72. The number of ether oxygens (including phenoxy) is 3. The molecule has 0 N–H and O–H groups in total. The molecule has 210 valence electrons. The third kappa shape index (κ3) is 17.3. The van der Waals surface area contributed by atoms with E-state index in [1.165, 1.54) is 10.6 Å². The molecule has 1 aliphatic heterocycles. The summed E-state index contributed by atoms with van der Waals surface area (Å²) in [6.07, 6.45) is 15.1. The number of nitrogens with zero attached hydrogens (tertiary/aromatic N) is 3. The lowest BCUT2D eigenvalue weighted by Gasteiger charge is -2.28. The van der Waals surface area contributed by atoms with Gasteiger partial charge in [-0.25, -0.2) is 9.79 Å². The molecule has 1 heterocycles. The van der Waals surface area contributed by atoms with Gasteiger partial charge in [0, 0.05) is 19.3 Å². The summed E-state index contributed by atoms with van der Waals surface area (Å²) < 4.78 is 18.4. The van der Waals surface area contributed by atoms with Gasteiger partial charge < -0.3 is 19.1 Å². The average Bonchev–Trinajstić information content (AvgIpc) is 3.33.